The minimum Gasteiger partial charge on any atom is -0.258 e. The van der Waals surface area contributed by atoms with Crippen LogP contribution in [0.1, 0.15) is 11.4 Å². The fourth-order valence-electron chi connectivity index (χ4n) is 2.52. The molecule has 4 rings (SSSR count). The highest BCUT2D eigenvalue weighted by atomic mass is 32.2. The summed E-state index contributed by atoms with van der Waals surface area (Å²) in [5.41, 5.74) is 1.56. The second-order valence-electron chi connectivity index (χ2n) is 5.58. The van der Waals surface area contributed by atoms with E-state index in [-0.39, 0.29) is 10.6 Å². The minimum atomic E-state index is -0.378. The number of hydrogen-bond donors (Lipinski definition) is 0. The number of fused-ring (bicyclic) bond motifs is 1. The first-order chi connectivity index (χ1) is 12.6. The van der Waals surface area contributed by atoms with Gasteiger partial charge in [0.05, 0.1) is 10.7 Å². The number of nitro benzene ring substituents is 1. The van der Waals surface area contributed by atoms with E-state index in [1.165, 1.54) is 17.4 Å². The van der Waals surface area contributed by atoms with Crippen LogP contribution in [0.3, 0.4) is 0 Å². The predicted octanol–water partition coefficient (Wildman–Crippen LogP) is 4.36. The Balaban J connectivity index is 1.61. The normalized spacial score (nSPS) is 11.1. The summed E-state index contributed by atoms with van der Waals surface area (Å²) in [7, 11) is 0. The fraction of sp³-hybridized carbons (Fsp3) is 0.118. The van der Waals surface area contributed by atoms with Crippen molar-refractivity contribution in [2.24, 2.45) is 0 Å². The molecule has 0 fully saturated rings. The zero-order valence-corrected chi connectivity index (χ0v) is 15.3. The van der Waals surface area contributed by atoms with Gasteiger partial charge in [0, 0.05) is 22.1 Å². The topological polar surface area (TPSA) is 86.2 Å². The molecule has 2 heterocycles. The summed E-state index contributed by atoms with van der Waals surface area (Å²) in [6.07, 6.45) is 0. The lowest BCUT2D eigenvalue weighted by atomic mass is 10.1. The van der Waals surface area contributed by atoms with Crippen molar-refractivity contribution >= 4 is 33.7 Å². The zero-order valence-electron chi connectivity index (χ0n) is 13.7. The van der Waals surface area contributed by atoms with Gasteiger partial charge in [-0.25, -0.2) is 0 Å². The van der Waals surface area contributed by atoms with Gasteiger partial charge in [0.25, 0.3) is 5.69 Å². The van der Waals surface area contributed by atoms with Crippen molar-refractivity contribution in [2.75, 3.05) is 0 Å². The molecule has 0 atom stereocenters. The van der Waals surface area contributed by atoms with Crippen LogP contribution >= 0.6 is 23.1 Å². The van der Waals surface area contributed by atoms with E-state index in [0.29, 0.717) is 16.3 Å². The molecular weight excluding hydrogens is 370 g/mol. The summed E-state index contributed by atoms with van der Waals surface area (Å²) in [5, 5.41) is 24.7. The lowest BCUT2D eigenvalue weighted by Gasteiger charge is -2.00. The maximum absolute atomic E-state index is 11.0. The number of aromatic nitrogens is 4. The monoisotopic (exact) mass is 383 g/mol. The van der Waals surface area contributed by atoms with Crippen molar-refractivity contribution in [3.05, 3.63) is 70.0 Å². The molecule has 0 bridgehead atoms. The van der Waals surface area contributed by atoms with Crippen LogP contribution in [0.15, 0.2) is 53.4 Å². The molecule has 2 aromatic carbocycles. The number of nitro groups is 1. The van der Waals surface area contributed by atoms with E-state index in [9.17, 15) is 10.1 Å². The van der Waals surface area contributed by atoms with Crippen LogP contribution in [-0.2, 0) is 5.75 Å². The van der Waals surface area contributed by atoms with Crippen molar-refractivity contribution in [1.29, 1.82) is 0 Å². The summed E-state index contributed by atoms with van der Waals surface area (Å²) in [6, 6.07) is 15.1. The Bertz CT molecular complexity index is 1090. The molecule has 0 N–H and O–H groups in total. The molecule has 0 aliphatic carbocycles. The van der Waals surface area contributed by atoms with E-state index >= 15 is 0 Å². The fourth-order valence-corrected chi connectivity index (χ4v) is 4.20. The summed E-state index contributed by atoms with van der Waals surface area (Å²) in [5.74, 6) is 1.43. The molecule has 7 nitrogen and oxygen atoms in total. The smallest absolute Gasteiger partial charge is 0.258 e. The van der Waals surface area contributed by atoms with Gasteiger partial charge < -0.3 is 0 Å². The molecule has 0 aliphatic heterocycles. The van der Waals surface area contributed by atoms with Gasteiger partial charge >= 0.3 is 0 Å². The van der Waals surface area contributed by atoms with E-state index in [0.717, 1.165) is 21.3 Å². The first-order valence-electron chi connectivity index (χ1n) is 7.76. The van der Waals surface area contributed by atoms with Crippen LogP contribution in [0.5, 0.6) is 0 Å². The van der Waals surface area contributed by atoms with Crippen LogP contribution in [0.2, 0.25) is 0 Å². The molecule has 0 aliphatic rings. The Morgan fingerprint density at radius 2 is 2.00 bits per heavy atom. The molecule has 4 aromatic rings. The van der Waals surface area contributed by atoms with E-state index in [4.69, 9.17) is 0 Å². The average Bonchev–Trinajstić information content (AvgIpc) is 3.21. The van der Waals surface area contributed by atoms with Gasteiger partial charge in [-0.1, -0.05) is 29.5 Å². The maximum Gasteiger partial charge on any atom is 0.272 e. The van der Waals surface area contributed by atoms with Crippen LogP contribution in [-0.4, -0.2) is 24.7 Å². The number of aryl methyl sites for hydroxylation is 1. The van der Waals surface area contributed by atoms with E-state index in [1.807, 2.05) is 18.2 Å². The second kappa shape index (κ2) is 6.85. The van der Waals surface area contributed by atoms with Gasteiger partial charge in [-0.15, -0.1) is 22.0 Å². The Labute approximate surface area is 156 Å². The predicted molar refractivity (Wildman–Crippen MR) is 101 cm³/mol. The van der Waals surface area contributed by atoms with Crippen molar-refractivity contribution in [1.82, 2.24) is 19.8 Å². The lowest BCUT2D eigenvalue weighted by molar-refractivity contribution is -0.385. The number of rotatable bonds is 5. The largest absolute Gasteiger partial charge is 0.272 e. The second-order valence-corrected chi connectivity index (χ2v) is 7.58. The van der Waals surface area contributed by atoms with Gasteiger partial charge in [0.2, 0.25) is 4.96 Å². The maximum atomic E-state index is 11.0. The Morgan fingerprint density at radius 1 is 1.19 bits per heavy atom. The van der Waals surface area contributed by atoms with Crippen molar-refractivity contribution in [3.8, 4) is 10.6 Å². The highest BCUT2D eigenvalue weighted by molar-refractivity contribution is 7.98. The molecular formula is C17H13N5O2S2. The van der Waals surface area contributed by atoms with Crippen LogP contribution in [0.25, 0.3) is 15.5 Å². The van der Waals surface area contributed by atoms with Crippen molar-refractivity contribution in [3.63, 3.8) is 0 Å². The summed E-state index contributed by atoms with van der Waals surface area (Å²) in [6.45, 7) is 1.73. The van der Waals surface area contributed by atoms with E-state index in [1.54, 1.807) is 35.3 Å². The number of benzene rings is 2. The van der Waals surface area contributed by atoms with E-state index in [2.05, 4.69) is 27.4 Å². The quantitative estimate of drug-likeness (QED) is 0.289. The molecule has 0 unspecified atom stereocenters. The van der Waals surface area contributed by atoms with Crippen LogP contribution < -0.4 is 0 Å². The third-order valence-electron chi connectivity index (χ3n) is 3.81. The summed E-state index contributed by atoms with van der Waals surface area (Å²) < 4.78 is 1.74. The Hall–Kier alpha value is -2.78. The molecule has 9 heteroatoms. The molecule has 26 heavy (non-hydrogen) atoms. The van der Waals surface area contributed by atoms with Gasteiger partial charge in [-0.2, -0.15) is 9.61 Å². The van der Waals surface area contributed by atoms with Crippen LogP contribution in [0.4, 0.5) is 5.69 Å². The third-order valence-corrected chi connectivity index (χ3v) is 5.76. The number of thioether (sulfide) groups is 1. The van der Waals surface area contributed by atoms with Crippen molar-refractivity contribution < 1.29 is 4.92 Å². The Kier molecular flexibility index (Phi) is 4.39. The SMILES string of the molecule is Cc1cc(-c2nn3c(CSc4ccccc4)nnc3s2)ccc1[N+](=O)[O-]. The highest BCUT2D eigenvalue weighted by Gasteiger charge is 2.16. The molecule has 0 saturated carbocycles. The number of nitrogens with zero attached hydrogens (tertiary/aromatic N) is 5. The molecule has 0 saturated heterocycles. The lowest BCUT2D eigenvalue weighted by Crippen LogP contribution is -1.95. The molecule has 0 spiro atoms. The molecule has 0 radical (unpaired) electrons. The van der Waals surface area contributed by atoms with Gasteiger partial charge in [0.1, 0.15) is 5.01 Å². The van der Waals surface area contributed by atoms with Gasteiger partial charge in [-0.3, -0.25) is 10.1 Å². The summed E-state index contributed by atoms with van der Waals surface area (Å²) in [4.78, 5) is 12.5. The van der Waals surface area contributed by atoms with E-state index < -0.39 is 0 Å². The van der Waals surface area contributed by atoms with Crippen molar-refractivity contribution in [2.45, 2.75) is 17.6 Å². The average molecular weight is 383 g/mol. The van der Waals surface area contributed by atoms with Gasteiger partial charge in [0.15, 0.2) is 5.82 Å². The van der Waals surface area contributed by atoms with Crippen LogP contribution in [0, 0.1) is 17.0 Å². The third kappa shape index (κ3) is 3.18. The molecule has 130 valence electrons. The first-order valence-corrected chi connectivity index (χ1v) is 9.56. The van der Waals surface area contributed by atoms with Gasteiger partial charge in [-0.05, 0) is 31.2 Å². The first kappa shape index (κ1) is 16.7. The standard InChI is InChI=1S/C17H13N5O2S2/c1-11-9-12(7-8-14(11)22(23)24)16-20-21-15(18-19-17(21)26-16)10-25-13-5-3-2-4-6-13/h2-9H,10H2,1H3. The Morgan fingerprint density at radius 3 is 2.73 bits per heavy atom. The minimum absolute atomic E-state index is 0.108. The highest BCUT2D eigenvalue weighted by Crippen LogP contribution is 2.30. The molecule has 0 amide bonds. The summed E-state index contributed by atoms with van der Waals surface area (Å²) >= 11 is 3.09. The number of hydrogen-bond acceptors (Lipinski definition) is 7. The zero-order chi connectivity index (χ0) is 18.1. The molecule has 2 aromatic heterocycles.